The number of nitrogens with zero attached hydrogens (tertiary/aromatic N) is 4. The summed E-state index contributed by atoms with van der Waals surface area (Å²) in [4.78, 5) is 25.5. The monoisotopic (exact) mass is 377 g/mol. The van der Waals surface area contributed by atoms with E-state index in [-0.39, 0.29) is 11.9 Å². The largest absolute Gasteiger partial charge is 0.466 e. The van der Waals surface area contributed by atoms with E-state index in [4.69, 9.17) is 10.5 Å². The Morgan fingerprint density at radius 1 is 1.30 bits per heavy atom. The first kappa shape index (κ1) is 21.3. The Hall–Kier alpha value is -2.05. The third-order valence-electron chi connectivity index (χ3n) is 4.65. The van der Waals surface area contributed by atoms with E-state index in [0.717, 1.165) is 44.1 Å². The van der Waals surface area contributed by atoms with E-state index < -0.39 is 0 Å². The molecule has 0 aliphatic carbocycles. The first-order valence-corrected chi connectivity index (χ1v) is 10.1. The van der Waals surface area contributed by atoms with Crippen LogP contribution >= 0.6 is 0 Å². The number of rotatable bonds is 8. The molecule has 0 spiro atoms. The van der Waals surface area contributed by atoms with Gasteiger partial charge < -0.3 is 20.3 Å². The standard InChI is InChI=1S/C20H35N5O2/c1-6-27-20(26)16-8-7-9-24(12-16)18-17(21)19(23-13-22-18)25(10-14(2)3)11-15(4)5/h13-16H,6-12,21H2,1-5H3. The zero-order chi connectivity index (χ0) is 20.0. The maximum absolute atomic E-state index is 12.2. The highest BCUT2D eigenvalue weighted by Crippen LogP contribution is 2.32. The Balaban J connectivity index is 2.25. The van der Waals surface area contributed by atoms with Gasteiger partial charge in [-0.3, -0.25) is 4.79 Å². The molecule has 1 fully saturated rings. The van der Waals surface area contributed by atoms with Gasteiger partial charge in [0, 0.05) is 26.2 Å². The van der Waals surface area contributed by atoms with Gasteiger partial charge in [0.1, 0.15) is 12.0 Å². The number of hydrogen-bond donors (Lipinski definition) is 1. The molecule has 1 aromatic heterocycles. The number of aromatic nitrogens is 2. The van der Waals surface area contributed by atoms with Crippen molar-refractivity contribution in [2.75, 3.05) is 48.3 Å². The van der Waals surface area contributed by atoms with Crippen LogP contribution in [-0.4, -0.2) is 48.7 Å². The third kappa shape index (κ3) is 5.71. The number of nitrogens with two attached hydrogens (primary N) is 1. The van der Waals surface area contributed by atoms with Gasteiger partial charge >= 0.3 is 5.97 Å². The second-order valence-corrected chi connectivity index (χ2v) is 8.16. The minimum atomic E-state index is -0.128. The van der Waals surface area contributed by atoms with Gasteiger partial charge in [-0.2, -0.15) is 0 Å². The van der Waals surface area contributed by atoms with Crippen LogP contribution in [0.4, 0.5) is 17.3 Å². The SMILES string of the molecule is CCOC(=O)C1CCCN(c2ncnc(N(CC(C)C)CC(C)C)c2N)C1. The van der Waals surface area contributed by atoms with Crippen LogP contribution in [0.2, 0.25) is 0 Å². The number of hydrogen-bond acceptors (Lipinski definition) is 7. The lowest BCUT2D eigenvalue weighted by molar-refractivity contribution is -0.148. The Bertz CT molecular complexity index is 610. The molecule has 0 amide bonds. The highest BCUT2D eigenvalue weighted by Gasteiger charge is 2.29. The van der Waals surface area contributed by atoms with E-state index in [1.807, 2.05) is 6.92 Å². The van der Waals surface area contributed by atoms with Crippen molar-refractivity contribution in [2.24, 2.45) is 17.8 Å². The van der Waals surface area contributed by atoms with Crippen LogP contribution in [0.15, 0.2) is 6.33 Å². The van der Waals surface area contributed by atoms with Gasteiger partial charge in [-0.15, -0.1) is 0 Å². The molecule has 2 heterocycles. The first-order chi connectivity index (χ1) is 12.8. The Kier molecular flexibility index (Phi) is 7.68. The third-order valence-corrected chi connectivity index (χ3v) is 4.65. The van der Waals surface area contributed by atoms with Crippen molar-refractivity contribution in [1.82, 2.24) is 9.97 Å². The summed E-state index contributed by atoms with van der Waals surface area (Å²) in [5.41, 5.74) is 7.12. The fraction of sp³-hybridized carbons (Fsp3) is 0.750. The van der Waals surface area contributed by atoms with Crippen molar-refractivity contribution in [1.29, 1.82) is 0 Å². The molecular weight excluding hydrogens is 342 g/mol. The zero-order valence-corrected chi connectivity index (χ0v) is 17.4. The van der Waals surface area contributed by atoms with Crippen molar-refractivity contribution in [3.05, 3.63) is 6.33 Å². The predicted molar refractivity (Wildman–Crippen MR) is 110 cm³/mol. The zero-order valence-electron chi connectivity index (χ0n) is 17.4. The summed E-state index contributed by atoms with van der Waals surface area (Å²) in [5.74, 6) is 2.27. The smallest absolute Gasteiger partial charge is 0.310 e. The molecule has 0 bridgehead atoms. The molecule has 2 N–H and O–H groups in total. The highest BCUT2D eigenvalue weighted by molar-refractivity contribution is 5.78. The van der Waals surface area contributed by atoms with Crippen LogP contribution in [0, 0.1) is 17.8 Å². The average molecular weight is 378 g/mol. The normalized spacial score (nSPS) is 17.4. The van der Waals surface area contributed by atoms with Crippen LogP contribution in [0.1, 0.15) is 47.5 Å². The number of piperidine rings is 1. The van der Waals surface area contributed by atoms with Gasteiger partial charge in [-0.1, -0.05) is 27.7 Å². The highest BCUT2D eigenvalue weighted by atomic mass is 16.5. The van der Waals surface area contributed by atoms with E-state index in [0.29, 0.717) is 30.7 Å². The lowest BCUT2D eigenvalue weighted by Crippen LogP contribution is -2.40. The molecule has 0 saturated carbocycles. The quantitative estimate of drug-likeness (QED) is 0.697. The molecule has 7 nitrogen and oxygen atoms in total. The minimum absolute atomic E-state index is 0.126. The van der Waals surface area contributed by atoms with E-state index in [9.17, 15) is 4.79 Å². The van der Waals surface area contributed by atoms with Gasteiger partial charge in [-0.05, 0) is 31.6 Å². The molecular formula is C20H35N5O2. The van der Waals surface area contributed by atoms with Crippen LogP contribution in [0.25, 0.3) is 0 Å². The Morgan fingerprint density at radius 2 is 1.96 bits per heavy atom. The molecule has 1 aliphatic heterocycles. The number of nitrogen functional groups attached to an aromatic ring is 1. The van der Waals surface area contributed by atoms with E-state index in [2.05, 4.69) is 47.5 Å². The van der Waals surface area contributed by atoms with E-state index >= 15 is 0 Å². The lowest BCUT2D eigenvalue weighted by Gasteiger charge is -2.34. The van der Waals surface area contributed by atoms with Gasteiger partial charge in [0.15, 0.2) is 11.6 Å². The molecule has 27 heavy (non-hydrogen) atoms. The van der Waals surface area contributed by atoms with Crippen molar-refractivity contribution < 1.29 is 9.53 Å². The number of carbonyl (C=O) groups excluding carboxylic acids is 1. The fourth-order valence-electron chi connectivity index (χ4n) is 3.63. The summed E-state index contributed by atoms with van der Waals surface area (Å²) >= 11 is 0. The molecule has 152 valence electrons. The molecule has 1 saturated heterocycles. The van der Waals surface area contributed by atoms with Gasteiger partial charge in [0.05, 0.1) is 12.5 Å². The van der Waals surface area contributed by atoms with Crippen LogP contribution in [-0.2, 0) is 9.53 Å². The van der Waals surface area contributed by atoms with Crippen molar-refractivity contribution >= 4 is 23.3 Å². The molecule has 1 atom stereocenters. The first-order valence-electron chi connectivity index (χ1n) is 10.1. The minimum Gasteiger partial charge on any atom is -0.466 e. The lowest BCUT2D eigenvalue weighted by atomic mass is 9.98. The topological polar surface area (TPSA) is 84.6 Å². The Morgan fingerprint density at radius 3 is 2.56 bits per heavy atom. The fourth-order valence-corrected chi connectivity index (χ4v) is 3.63. The summed E-state index contributed by atoms with van der Waals surface area (Å²) in [5, 5.41) is 0. The summed E-state index contributed by atoms with van der Waals surface area (Å²) in [7, 11) is 0. The number of carbonyl (C=O) groups is 1. The van der Waals surface area contributed by atoms with Crippen LogP contribution in [0.3, 0.4) is 0 Å². The van der Waals surface area contributed by atoms with Gasteiger partial charge in [0.2, 0.25) is 0 Å². The number of anilines is 3. The Labute approximate surface area is 163 Å². The van der Waals surface area contributed by atoms with Gasteiger partial charge in [0.25, 0.3) is 0 Å². The molecule has 0 aromatic carbocycles. The number of ether oxygens (including phenoxy) is 1. The molecule has 7 heteroatoms. The maximum atomic E-state index is 12.2. The summed E-state index contributed by atoms with van der Waals surface area (Å²) in [6.45, 7) is 14.2. The average Bonchev–Trinajstić information content (AvgIpc) is 2.61. The summed E-state index contributed by atoms with van der Waals surface area (Å²) in [6.07, 6.45) is 3.35. The van der Waals surface area contributed by atoms with Crippen LogP contribution in [0.5, 0.6) is 0 Å². The molecule has 1 aromatic rings. The van der Waals surface area contributed by atoms with Crippen molar-refractivity contribution in [3.8, 4) is 0 Å². The van der Waals surface area contributed by atoms with Crippen LogP contribution < -0.4 is 15.5 Å². The van der Waals surface area contributed by atoms with Crippen molar-refractivity contribution in [2.45, 2.75) is 47.5 Å². The molecule has 1 aliphatic rings. The molecule has 0 radical (unpaired) electrons. The van der Waals surface area contributed by atoms with Crippen molar-refractivity contribution in [3.63, 3.8) is 0 Å². The summed E-state index contributed by atoms with van der Waals surface area (Å²) in [6, 6.07) is 0. The van der Waals surface area contributed by atoms with E-state index in [1.165, 1.54) is 0 Å². The maximum Gasteiger partial charge on any atom is 0.310 e. The van der Waals surface area contributed by atoms with E-state index in [1.54, 1.807) is 6.33 Å². The number of esters is 1. The summed E-state index contributed by atoms with van der Waals surface area (Å²) < 4.78 is 5.21. The predicted octanol–water partition coefficient (Wildman–Crippen LogP) is 2.96. The molecule has 2 rings (SSSR count). The van der Waals surface area contributed by atoms with Gasteiger partial charge in [-0.25, -0.2) is 9.97 Å². The molecule has 1 unspecified atom stereocenters. The second kappa shape index (κ2) is 9.76. The second-order valence-electron chi connectivity index (χ2n) is 8.16.